The molecular formula is C19H14N2O4. The second-order valence-electron chi connectivity index (χ2n) is 5.62. The van der Waals surface area contributed by atoms with Crippen molar-refractivity contribution in [3.63, 3.8) is 0 Å². The molecule has 1 heterocycles. The molecule has 0 aliphatic carbocycles. The number of carbonyl (C=O) groups is 3. The van der Waals surface area contributed by atoms with Crippen LogP contribution in [-0.2, 0) is 16.1 Å². The van der Waals surface area contributed by atoms with Gasteiger partial charge in [-0.25, -0.2) is 4.79 Å². The van der Waals surface area contributed by atoms with E-state index in [0.717, 1.165) is 4.90 Å². The van der Waals surface area contributed by atoms with Crippen LogP contribution in [-0.4, -0.2) is 28.7 Å². The van der Waals surface area contributed by atoms with Gasteiger partial charge < -0.3 is 4.74 Å². The zero-order chi connectivity index (χ0) is 18.0. The Hall–Kier alpha value is -3.46. The highest BCUT2D eigenvalue weighted by Crippen LogP contribution is 2.24. The van der Waals surface area contributed by atoms with Crippen LogP contribution in [0, 0.1) is 11.3 Å². The summed E-state index contributed by atoms with van der Waals surface area (Å²) in [4.78, 5) is 37.9. The number of nitrogens with zero attached hydrogens (tertiary/aromatic N) is 2. The average molecular weight is 334 g/mol. The standard InChI is InChI=1S/C19H14N2O4/c1-12(19(24)25-11-14-6-4-5-13(9-14)10-20)21-17(22)15-7-2-3-8-16(15)18(21)23/h2-9,12H,11H2,1H3/t12-/m1/s1. The highest BCUT2D eigenvalue weighted by Gasteiger charge is 2.41. The predicted octanol–water partition coefficient (Wildman–Crippen LogP) is 2.29. The summed E-state index contributed by atoms with van der Waals surface area (Å²) in [6.45, 7) is 1.41. The van der Waals surface area contributed by atoms with Crippen molar-refractivity contribution in [1.29, 1.82) is 5.26 Å². The Kier molecular flexibility index (Phi) is 4.31. The minimum Gasteiger partial charge on any atom is -0.459 e. The second kappa shape index (κ2) is 6.57. The van der Waals surface area contributed by atoms with E-state index in [1.54, 1.807) is 48.5 Å². The molecule has 0 spiro atoms. The monoisotopic (exact) mass is 334 g/mol. The third kappa shape index (κ3) is 3.00. The molecule has 2 aromatic rings. The molecule has 0 aromatic heterocycles. The van der Waals surface area contributed by atoms with Gasteiger partial charge in [0, 0.05) is 0 Å². The fraction of sp³-hybridized carbons (Fsp3) is 0.158. The van der Waals surface area contributed by atoms with Crippen LogP contribution in [0.2, 0.25) is 0 Å². The number of esters is 1. The third-order valence-electron chi connectivity index (χ3n) is 3.99. The minimum atomic E-state index is -1.04. The van der Waals surface area contributed by atoms with Gasteiger partial charge in [-0.2, -0.15) is 5.26 Å². The molecule has 1 atom stereocenters. The second-order valence-corrected chi connectivity index (χ2v) is 5.62. The molecule has 0 unspecified atom stereocenters. The number of hydrogen-bond donors (Lipinski definition) is 0. The molecule has 0 saturated heterocycles. The lowest BCUT2D eigenvalue weighted by atomic mass is 10.1. The Bertz CT molecular complexity index is 879. The van der Waals surface area contributed by atoms with E-state index in [2.05, 4.69) is 0 Å². The van der Waals surface area contributed by atoms with Gasteiger partial charge in [-0.3, -0.25) is 14.5 Å². The molecule has 0 radical (unpaired) electrons. The maximum Gasteiger partial charge on any atom is 0.329 e. The summed E-state index contributed by atoms with van der Waals surface area (Å²) in [5.74, 6) is -1.69. The van der Waals surface area contributed by atoms with Gasteiger partial charge in [-0.15, -0.1) is 0 Å². The number of fused-ring (bicyclic) bond motifs is 1. The van der Waals surface area contributed by atoms with Gasteiger partial charge in [-0.05, 0) is 36.8 Å². The zero-order valence-corrected chi connectivity index (χ0v) is 13.4. The number of rotatable bonds is 4. The normalized spacial score (nSPS) is 14.0. The number of nitriles is 1. The first kappa shape index (κ1) is 16.4. The van der Waals surface area contributed by atoms with Crippen molar-refractivity contribution in [3.05, 3.63) is 70.8 Å². The van der Waals surface area contributed by atoms with Gasteiger partial charge in [0.2, 0.25) is 0 Å². The summed E-state index contributed by atoms with van der Waals surface area (Å²) in [6.07, 6.45) is 0. The van der Waals surface area contributed by atoms with Crippen molar-refractivity contribution in [2.75, 3.05) is 0 Å². The van der Waals surface area contributed by atoms with Gasteiger partial charge in [0.15, 0.2) is 0 Å². The number of amides is 2. The lowest BCUT2D eigenvalue weighted by Crippen LogP contribution is -2.43. The molecular weight excluding hydrogens is 320 g/mol. The lowest BCUT2D eigenvalue weighted by Gasteiger charge is -2.20. The van der Waals surface area contributed by atoms with Gasteiger partial charge in [-0.1, -0.05) is 24.3 Å². The van der Waals surface area contributed by atoms with E-state index < -0.39 is 23.8 Å². The highest BCUT2D eigenvalue weighted by atomic mass is 16.5. The zero-order valence-electron chi connectivity index (χ0n) is 13.4. The lowest BCUT2D eigenvalue weighted by molar-refractivity contribution is -0.149. The molecule has 0 saturated carbocycles. The van der Waals surface area contributed by atoms with Gasteiger partial charge in [0.25, 0.3) is 11.8 Å². The Morgan fingerprint density at radius 3 is 2.36 bits per heavy atom. The van der Waals surface area contributed by atoms with Crippen LogP contribution in [0.4, 0.5) is 0 Å². The van der Waals surface area contributed by atoms with Crippen LogP contribution >= 0.6 is 0 Å². The quantitative estimate of drug-likeness (QED) is 0.632. The molecule has 0 N–H and O–H groups in total. The number of carbonyl (C=O) groups excluding carboxylic acids is 3. The molecule has 1 aliphatic heterocycles. The van der Waals surface area contributed by atoms with E-state index >= 15 is 0 Å². The molecule has 1 aliphatic rings. The third-order valence-corrected chi connectivity index (χ3v) is 3.99. The molecule has 6 heteroatoms. The maximum absolute atomic E-state index is 12.4. The average Bonchev–Trinajstić information content (AvgIpc) is 2.90. The topological polar surface area (TPSA) is 87.5 Å². The SMILES string of the molecule is C[C@H](C(=O)OCc1cccc(C#N)c1)N1C(=O)c2ccccc2C1=O. The molecule has 3 rings (SSSR count). The molecule has 0 fully saturated rings. The van der Waals surface area contributed by atoms with Gasteiger partial charge in [0.05, 0.1) is 22.8 Å². The maximum atomic E-state index is 12.4. The summed E-state index contributed by atoms with van der Waals surface area (Å²) in [7, 11) is 0. The molecule has 124 valence electrons. The Balaban J connectivity index is 1.70. The summed E-state index contributed by atoms with van der Waals surface area (Å²) < 4.78 is 5.20. The summed E-state index contributed by atoms with van der Waals surface area (Å²) in [6, 6.07) is 14.1. The van der Waals surface area contributed by atoms with Crippen molar-refractivity contribution >= 4 is 17.8 Å². The predicted molar refractivity (Wildman–Crippen MR) is 87.4 cm³/mol. The number of imide groups is 1. The fourth-order valence-corrected chi connectivity index (χ4v) is 2.67. The van der Waals surface area contributed by atoms with Crippen LogP contribution in [0.15, 0.2) is 48.5 Å². The number of ether oxygens (including phenoxy) is 1. The largest absolute Gasteiger partial charge is 0.459 e. The van der Waals surface area contributed by atoms with Crippen molar-refractivity contribution in [2.24, 2.45) is 0 Å². The number of hydrogen-bond acceptors (Lipinski definition) is 5. The van der Waals surface area contributed by atoms with Crippen LogP contribution < -0.4 is 0 Å². The Labute approximate surface area is 144 Å². The van der Waals surface area contributed by atoms with E-state index in [9.17, 15) is 14.4 Å². The first-order valence-electron chi connectivity index (χ1n) is 7.65. The number of benzene rings is 2. The summed E-state index contributed by atoms with van der Waals surface area (Å²) in [5.41, 5.74) is 1.69. The Morgan fingerprint density at radius 2 is 1.76 bits per heavy atom. The van der Waals surface area contributed by atoms with Crippen molar-refractivity contribution in [2.45, 2.75) is 19.6 Å². The smallest absolute Gasteiger partial charge is 0.329 e. The van der Waals surface area contributed by atoms with Crippen molar-refractivity contribution in [3.8, 4) is 6.07 Å². The minimum absolute atomic E-state index is 0.0398. The summed E-state index contributed by atoms with van der Waals surface area (Å²) >= 11 is 0. The van der Waals surface area contributed by atoms with E-state index in [0.29, 0.717) is 11.1 Å². The molecule has 2 amide bonds. The van der Waals surface area contributed by atoms with E-state index in [-0.39, 0.29) is 17.7 Å². The van der Waals surface area contributed by atoms with Crippen LogP contribution in [0.5, 0.6) is 0 Å². The molecule has 0 bridgehead atoms. The molecule has 2 aromatic carbocycles. The van der Waals surface area contributed by atoms with Crippen molar-refractivity contribution < 1.29 is 19.1 Å². The molecule has 25 heavy (non-hydrogen) atoms. The van der Waals surface area contributed by atoms with Gasteiger partial charge >= 0.3 is 5.97 Å². The highest BCUT2D eigenvalue weighted by molar-refractivity contribution is 6.22. The first-order valence-corrected chi connectivity index (χ1v) is 7.65. The van der Waals surface area contributed by atoms with Crippen LogP contribution in [0.25, 0.3) is 0 Å². The van der Waals surface area contributed by atoms with E-state index in [4.69, 9.17) is 10.00 Å². The van der Waals surface area contributed by atoms with E-state index in [1.807, 2.05) is 6.07 Å². The molecule has 6 nitrogen and oxygen atoms in total. The fourth-order valence-electron chi connectivity index (χ4n) is 2.67. The van der Waals surface area contributed by atoms with Gasteiger partial charge in [0.1, 0.15) is 12.6 Å². The first-order chi connectivity index (χ1) is 12.0. The van der Waals surface area contributed by atoms with Crippen LogP contribution in [0.1, 0.15) is 38.8 Å². The summed E-state index contributed by atoms with van der Waals surface area (Å²) in [5, 5.41) is 8.88. The Morgan fingerprint density at radius 1 is 1.12 bits per heavy atom. The van der Waals surface area contributed by atoms with Crippen molar-refractivity contribution in [1.82, 2.24) is 4.90 Å². The van der Waals surface area contributed by atoms with E-state index in [1.165, 1.54) is 6.92 Å². The van der Waals surface area contributed by atoms with Crippen LogP contribution in [0.3, 0.4) is 0 Å².